The number of carbonyl (C=O) groups is 1. The summed E-state index contributed by atoms with van der Waals surface area (Å²) >= 11 is 0. The molecule has 2 fully saturated rings. The second kappa shape index (κ2) is 9.48. The number of fused-ring (bicyclic) bond motifs is 1. The highest BCUT2D eigenvalue weighted by atomic mass is 32.2. The Labute approximate surface area is 199 Å². The van der Waals surface area contributed by atoms with Crippen LogP contribution < -0.4 is 10.7 Å². The van der Waals surface area contributed by atoms with Gasteiger partial charge in [0, 0.05) is 37.3 Å². The molecular formula is C25H30N4O4S. The minimum absolute atomic E-state index is 0.101. The molecule has 3 atom stereocenters. The SMILES string of the molecule is CC1CC(N2CCCN2)CCC1S(=O)(=O)c1ccc(CNC(=O)c2cc3ccncc3o2)cc1. The van der Waals surface area contributed by atoms with E-state index in [0.717, 1.165) is 43.3 Å². The fourth-order valence-corrected chi connectivity index (χ4v) is 7.22. The largest absolute Gasteiger partial charge is 0.449 e. The van der Waals surface area contributed by atoms with Crippen molar-refractivity contribution < 1.29 is 17.6 Å². The molecule has 2 N–H and O–H groups in total. The van der Waals surface area contributed by atoms with Gasteiger partial charge in [0.2, 0.25) is 0 Å². The van der Waals surface area contributed by atoms with Crippen LogP contribution in [0.5, 0.6) is 0 Å². The van der Waals surface area contributed by atoms with E-state index in [1.807, 2.05) is 0 Å². The monoisotopic (exact) mass is 482 g/mol. The Morgan fingerprint density at radius 1 is 1.24 bits per heavy atom. The Morgan fingerprint density at radius 3 is 2.76 bits per heavy atom. The summed E-state index contributed by atoms with van der Waals surface area (Å²) in [6.07, 6.45) is 6.82. The van der Waals surface area contributed by atoms with Crippen LogP contribution in [-0.4, -0.2) is 48.7 Å². The molecule has 8 nitrogen and oxygen atoms in total. The Hall–Kier alpha value is -2.75. The van der Waals surface area contributed by atoms with Crippen LogP contribution in [0.15, 0.2) is 58.1 Å². The van der Waals surface area contributed by atoms with Crippen molar-refractivity contribution in [3.05, 3.63) is 60.1 Å². The molecule has 3 aromatic rings. The van der Waals surface area contributed by atoms with Gasteiger partial charge in [-0.3, -0.25) is 15.2 Å². The van der Waals surface area contributed by atoms with E-state index >= 15 is 0 Å². The summed E-state index contributed by atoms with van der Waals surface area (Å²) in [4.78, 5) is 16.8. The highest BCUT2D eigenvalue weighted by Gasteiger charge is 2.39. The highest BCUT2D eigenvalue weighted by Crippen LogP contribution is 2.35. The zero-order valence-corrected chi connectivity index (χ0v) is 20.1. The van der Waals surface area contributed by atoms with Crippen molar-refractivity contribution >= 4 is 26.7 Å². The molecule has 2 aromatic heterocycles. The number of pyridine rings is 1. The lowest BCUT2D eigenvalue weighted by molar-refractivity contribution is 0.0925. The van der Waals surface area contributed by atoms with Gasteiger partial charge < -0.3 is 9.73 Å². The van der Waals surface area contributed by atoms with Gasteiger partial charge in [0.1, 0.15) is 0 Å². The van der Waals surface area contributed by atoms with Crippen LogP contribution in [0.4, 0.5) is 0 Å². The molecule has 0 bridgehead atoms. The first-order chi connectivity index (χ1) is 16.4. The molecule has 3 heterocycles. The standard InChI is InChI=1S/C25H30N4O4S/c1-17-13-20(29-12-2-10-28-29)5-8-24(17)34(31,32)21-6-3-18(4-7-21)15-27-25(30)22-14-19-9-11-26-16-23(19)33-22/h3-4,6-7,9,11,14,16-17,20,24,28H,2,5,8,10,12-13,15H2,1H3,(H,27,30). The molecular weight excluding hydrogens is 452 g/mol. The smallest absolute Gasteiger partial charge is 0.287 e. The Balaban J connectivity index is 1.20. The minimum atomic E-state index is -3.41. The maximum Gasteiger partial charge on any atom is 0.287 e. The molecule has 1 aliphatic carbocycles. The molecule has 3 unspecified atom stereocenters. The first kappa shape index (κ1) is 23.0. The highest BCUT2D eigenvalue weighted by molar-refractivity contribution is 7.92. The third kappa shape index (κ3) is 4.60. The van der Waals surface area contributed by atoms with Crippen LogP contribution >= 0.6 is 0 Å². The van der Waals surface area contributed by atoms with Crippen molar-refractivity contribution in [2.24, 2.45) is 5.92 Å². The van der Waals surface area contributed by atoms with E-state index in [-0.39, 0.29) is 29.4 Å². The molecule has 1 amide bonds. The third-order valence-electron chi connectivity index (χ3n) is 7.04. The Kier molecular flexibility index (Phi) is 6.42. The minimum Gasteiger partial charge on any atom is -0.449 e. The maximum atomic E-state index is 13.4. The van der Waals surface area contributed by atoms with Crippen molar-refractivity contribution in [2.75, 3.05) is 13.1 Å². The predicted molar refractivity (Wildman–Crippen MR) is 129 cm³/mol. The van der Waals surface area contributed by atoms with Crippen molar-refractivity contribution in [2.45, 2.75) is 55.3 Å². The lowest BCUT2D eigenvalue weighted by atomic mass is 9.86. The van der Waals surface area contributed by atoms with Crippen LogP contribution in [0.1, 0.15) is 48.7 Å². The van der Waals surface area contributed by atoms with Crippen molar-refractivity contribution in [1.82, 2.24) is 20.7 Å². The quantitative estimate of drug-likeness (QED) is 0.555. The number of aromatic nitrogens is 1. The van der Waals surface area contributed by atoms with E-state index in [9.17, 15) is 13.2 Å². The number of hydrogen-bond acceptors (Lipinski definition) is 7. The molecule has 1 saturated heterocycles. The summed E-state index contributed by atoms with van der Waals surface area (Å²) in [6.45, 7) is 4.39. The molecule has 0 radical (unpaired) electrons. The molecule has 1 saturated carbocycles. The van der Waals surface area contributed by atoms with Gasteiger partial charge in [0.15, 0.2) is 21.2 Å². The number of rotatable bonds is 6. The lowest BCUT2D eigenvalue weighted by Gasteiger charge is -2.38. The van der Waals surface area contributed by atoms with E-state index < -0.39 is 9.84 Å². The number of benzene rings is 1. The van der Waals surface area contributed by atoms with Gasteiger partial charge in [0.05, 0.1) is 16.3 Å². The average molecular weight is 483 g/mol. The van der Waals surface area contributed by atoms with E-state index in [1.165, 1.54) is 0 Å². The number of sulfone groups is 1. The fourth-order valence-electron chi connectivity index (χ4n) is 5.18. The Morgan fingerprint density at radius 2 is 2.06 bits per heavy atom. The molecule has 2 aliphatic rings. The number of furan rings is 1. The predicted octanol–water partition coefficient (Wildman–Crippen LogP) is 3.30. The number of carbonyl (C=O) groups excluding carboxylic acids is 1. The number of nitrogens with zero attached hydrogens (tertiary/aromatic N) is 2. The van der Waals surface area contributed by atoms with Gasteiger partial charge in [0.25, 0.3) is 5.91 Å². The lowest BCUT2D eigenvalue weighted by Crippen LogP contribution is -2.47. The van der Waals surface area contributed by atoms with Crippen molar-refractivity contribution in [3.8, 4) is 0 Å². The number of nitrogens with one attached hydrogen (secondary N) is 2. The molecule has 5 rings (SSSR count). The van der Waals surface area contributed by atoms with E-state index in [2.05, 4.69) is 27.7 Å². The third-order valence-corrected chi connectivity index (χ3v) is 9.47. The van der Waals surface area contributed by atoms with Gasteiger partial charge in [-0.25, -0.2) is 13.4 Å². The van der Waals surface area contributed by atoms with Gasteiger partial charge >= 0.3 is 0 Å². The van der Waals surface area contributed by atoms with E-state index in [0.29, 0.717) is 22.9 Å². The summed E-state index contributed by atoms with van der Waals surface area (Å²) in [6, 6.07) is 10.7. The fraction of sp³-hybridized carbons (Fsp3) is 0.440. The molecule has 1 aromatic carbocycles. The van der Waals surface area contributed by atoms with Gasteiger partial charge in [-0.2, -0.15) is 0 Å². The van der Waals surface area contributed by atoms with Crippen molar-refractivity contribution in [1.29, 1.82) is 0 Å². The van der Waals surface area contributed by atoms with Crippen LogP contribution in [0.3, 0.4) is 0 Å². The normalized spacial score (nSPS) is 23.9. The molecule has 180 valence electrons. The molecule has 9 heteroatoms. The Bertz CT molecular complexity index is 1230. The molecule has 1 aliphatic heterocycles. The second-order valence-corrected chi connectivity index (χ2v) is 11.5. The first-order valence-corrected chi connectivity index (χ1v) is 13.4. The summed E-state index contributed by atoms with van der Waals surface area (Å²) in [5, 5.41) is 5.57. The van der Waals surface area contributed by atoms with Gasteiger partial charge in [-0.15, -0.1) is 0 Å². The van der Waals surface area contributed by atoms with Crippen molar-refractivity contribution in [3.63, 3.8) is 0 Å². The zero-order chi connectivity index (χ0) is 23.7. The first-order valence-electron chi connectivity index (χ1n) is 11.9. The second-order valence-electron chi connectivity index (χ2n) is 9.33. The van der Waals surface area contributed by atoms with Gasteiger partial charge in [-0.05, 0) is 61.4 Å². The van der Waals surface area contributed by atoms with Crippen LogP contribution in [0.2, 0.25) is 0 Å². The number of hydrogen-bond donors (Lipinski definition) is 2. The molecule has 34 heavy (non-hydrogen) atoms. The number of hydrazine groups is 1. The summed E-state index contributed by atoms with van der Waals surface area (Å²) in [5.41, 5.74) is 4.80. The van der Waals surface area contributed by atoms with E-state index in [4.69, 9.17) is 4.42 Å². The van der Waals surface area contributed by atoms with Crippen LogP contribution in [0, 0.1) is 5.92 Å². The van der Waals surface area contributed by atoms with Gasteiger partial charge in [-0.1, -0.05) is 19.1 Å². The molecule has 0 spiro atoms. The topological polar surface area (TPSA) is 105 Å². The maximum absolute atomic E-state index is 13.4. The van der Waals surface area contributed by atoms with Crippen LogP contribution in [-0.2, 0) is 16.4 Å². The summed E-state index contributed by atoms with van der Waals surface area (Å²) in [7, 11) is -3.41. The summed E-state index contributed by atoms with van der Waals surface area (Å²) in [5.74, 6) is -0.00832. The van der Waals surface area contributed by atoms with E-state index in [1.54, 1.807) is 48.8 Å². The number of amides is 1. The van der Waals surface area contributed by atoms with Crippen LogP contribution in [0.25, 0.3) is 11.0 Å². The summed E-state index contributed by atoms with van der Waals surface area (Å²) < 4.78 is 32.3. The zero-order valence-electron chi connectivity index (χ0n) is 19.2. The average Bonchev–Trinajstić information content (AvgIpc) is 3.53.